The first-order valence-electron chi connectivity index (χ1n) is 7.84. The van der Waals surface area contributed by atoms with Gasteiger partial charge in [0, 0.05) is 5.41 Å². The quantitative estimate of drug-likeness (QED) is 0.774. The Kier molecular flexibility index (Phi) is 3.43. The van der Waals surface area contributed by atoms with Gasteiger partial charge in [-0.15, -0.1) is 0 Å². The Morgan fingerprint density at radius 3 is 1.48 bits per heavy atom. The molecule has 0 unspecified atom stereocenters. The summed E-state index contributed by atoms with van der Waals surface area (Å²) in [6.07, 6.45) is 2.23. The van der Waals surface area contributed by atoms with Crippen molar-refractivity contribution in [3.63, 3.8) is 0 Å². The highest BCUT2D eigenvalue weighted by Crippen LogP contribution is 2.55. The normalized spacial score (nSPS) is 18.3. The average molecular weight is 380 g/mol. The summed E-state index contributed by atoms with van der Waals surface area (Å²) in [6.45, 7) is 0. The third-order valence-corrected chi connectivity index (χ3v) is 7.17. The number of aryl methyl sites for hydroxylation is 2. The lowest BCUT2D eigenvalue weighted by atomic mass is 9.76. The lowest BCUT2D eigenvalue weighted by molar-refractivity contribution is 0.459. The van der Waals surface area contributed by atoms with Crippen molar-refractivity contribution >= 4 is 20.2 Å². The van der Waals surface area contributed by atoms with Gasteiger partial charge >= 0.3 is 0 Å². The first kappa shape index (κ1) is 16.7. The van der Waals surface area contributed by atoms with Crippen LogP contribution in [-0.2, 0) is 38.5 Å². The fourth-order valence-corrected chi connectivity index (χ4v) is 6.20. The van der Waals surface area contributed by atoms with Crippen molar-refractivity contribution < 1.29 is 25.9 Å². The van der Waals surface area contributed by atoms with Crippen LogP contribution in [0.5, 0.6) is 0 Å². The molecule has 8 heteroatoms. The SMILES string of the molecule is O=S(=O)(O)c1cccc2c1C1(CC2)CCc2cccc(S(=O)(=O)O)c21. The molecule has 0 amide bonds. The molecular weight excluding hydrogens is 364 g/mol. The van der Waals surface area contributed by atoms with Gasteiger partial charge in [0.05, 0.1) is 9.79 Å². The van der Waals surface area contributed by atoms with Crippen LogP contribution in [0.25, 0.3) is 0 Å². The van der Waals surface area contributed by atoms with Crippen LogP contribution < -0.4 is 0 Å². The highest BCUT2D eigenvalue weighted by Gasteiger charge is 2.49. The van der Waals surface area contributed by atoms with Crippen LogP contribution in [0.3, 0.4) is 0 Å². The van der Waals surface area contributed by atoms with E-state index < -0.39 is 25.7 Å². The maximum atomic E-state index is 11.9. The van der Waals surface area contributed by atoms with Crippen LogP contribution in [0.2, 0.25) is 0 Å². The number of benzene rings is 2. The second-order valence-corrected chi connectivity index (χ2v) is 9.39. The lowest BCUT2D eigenvalue weighted by Gasteiger charge is -2.29. The number of hydrogen-bond acceptors (Lipinski definition) is 4. The minimum atomic E-state index is -4.45. The predicted molar refractivity (Wildman–Crippen MR) is 89.9 cm³/mol. The van der Waals surface area contributed by atoms with Crippen LogP contribution in [0.1, 0.15) is 35.1 Å². The zero-order valence-corrected chi connectivity index (χ0v) is 14.8. The van der Waals surface area contributed by atoms with Gasteiger partial charge in [-0.2, -0.15) is 16.8 Å². The first-order valence-corrected chi connectivity index (χ1v) is 10.7. The zero-order chi connectivity index (χ0) is 18.0. The molecule has 2 aromatic carbocycles. The molecule has 2 aliphatic carbocycles. The molecule has 0 saturated carbocycles. The predicted octanol–water partition coefficient (Wildman–Crippen LogP) is 2.36. The van der Waals surface area contributed by atoms with Gasteiger partial charge in [0.2, 0.25) is 0 Å². The summed E-state index contributed by atoms with van der Waals surface area (Å²) in [7, 11) is -8.91. The van der Waals surface area contributed by atoms with Crippen LogP contribution >= 0.6 is 0 Å². The van der Waals surface area contributed by atoms with Crippen molar-refractivity contribution in [1.29, 1.82) is 0 Å². The van der Waals surface area contributed by atoms with E-state index in [1.807, 2.05) is 0 Å². The molecule has 1 spiro atoms. The van der Waals surface area contributed by atoms with E-state index in [1.54, 1.807) is 24.3 Å². The second-order valence-electron chi connectivity index (χ2n) is 6.61. The number of fused-ring (bicyclic) bond motifs is 4. The molecule has 0 radical (unpaired) electrons. The molecule has 0 heterocycles. The van der Waals surface area contributed by atoms with E-state index in [9.17, 15) is 25.9 Å². The first-order chi connectivity index (χ1) is 11.6. The van der Waals surface area contributed by atoms with E-state index in [0.29, 0.717) is 36.8 Å². The molecule has 0 aliphatic heterocycles. The van der Waals surface area contributed by atoms with Crippen LogP contribution in [0.15, 0.2) is 46.2 Å². The van der Waals surface area contributed by atoms with Gasteiger partial charge in [0.1, 0.15) is 0 Å². The topological polar surface area (TPSA) is 109 Å². The second kappa shape index (κ2) is 5.14. The van der Waals surface area contributed by atoms with Gasteiger partial charge in [0.25, 0.3) is 20.2 Å². The smallest absolute Gasteiger partial charge is 0.282 e. The minimum Gasteiger partial charge on any atom is -0.282 e. The van der Waals surface area contributed by atoms with Crippen molar-refractivity contribution in [3.05, 3.63) is 58.7 Å². The largest absolute Gasteiger partial charge is 0.294 e. The third kappa shape index (κ3) is 2.36. The van der Waals surface area contributed by atoms with Gasteiger partial charge < -0.3 is 0 Å². The molecule has 2 aromatic rings. The highest BCUT2D eigenvalue weighted by molar-refractivity contribution is 7.86. The summed E-state index contributed by atoms with van der Waals surface area (Å²) in [4.78, 5) is -0.360. The minimum absolute atomic E-state index is 0.180. The molecule has 25 heavy (non-hydrogen) atoms. The van der Waals surface area contributed by atoms with E-state index in [2.05, 4.69) is 0 Å². The third-order valence-electron chi connectivity index (χ3n) is 5.38. The molecule has 6 nitrogen and oxygen atoms in total. The lowest BCUT2D eigenvalue weighted by Crippen LogP contribution is -2.26. The van der Waals surface area contributed by atoms with Crippen molar-refractivity contribution in [2.45, 2.75) is 40.9 Å². The summed E-state index contributed by atoms with van der Waals surface area (Å²) in [5.74, 6) is 0. The summed E-state index contributed by atoms with van der Waals surface area (Å²) in [6, 6.07) is 9.43. The molecule has 4 rings (SSSR count). The van der Waals surface area contributed by atoms with Crippen molar-refractivity contribution in [2.75, 3.05) is 0 Å². The average Bonchev–Trinajstić information content (AvgIpc) is 3.09. The van der Waals surface area contributed by atoms with Crippen LogP contribution in [-0.4, -0.2) is 25.9 Å². The van der Waals surface area contributed by atoms with E-state index >= 15 is 0 Å². The van der Waals surface area contributed by atoms with Gasteiger partial charge in [0.15, 0.2) is 0 Å². The van der Waals surface area contributed by atoms with Gasteiger partial charge in [-0.05, 0) is 60.1 Å². The van der Waals surface area contributed by atoms with Crippen molar-refractivity contribution in [1.82, 2.24) is 0 Å². The fraction of sp³-hybridized carbons (Fsp3) is 0.294. The Labute approximate surface area is 146 Å². The van der Waals surface area contributed by atoms with Crippen LogP contribution in [0.4, 0.5) is 0 Å². The van der Waals surface area contributed by atoms with Crippen molar-refractivity contribution in [3.8, 4) is 0 Å². The van der Waals surface area contributed by atoms with Crippen molar-refractivity contribution in [2.24, 2.45) is 0 Å². The number of rotatable bonds is 2. The molecule has 0 saturated heterocycles. The maximum absolute atomic E-state index is 11.9. The van der Waals surface area contributed by atoms with Gasteiger partial charge in [-0.3, -0.25) is 9.11 Å². The maximum Gasteiger partial charge on any atom is 0.294 e. The van der Waals surface area contributed by atoms with E-state index in [4.69, 9.17) is 0 Å². The summed E-state index contributed by atoms with van der Waals surface area (Å²) in [5.41, 5.74) is 1.67. The summed E-state index contributed by atoms with van der Waals surface area (Å²) in [5, 5.41) is 0. The fourth-order valence-electron chi connectivity index (χ4n) is 4.53. The molecule has 0 aromatic heterocycles. The molecule has 0 fully saturated rings. The molecule has 2 aliphatic rings. The molecule has 2 N–H and O–H groups in total. The Morgan fingerprint density at radius 2 is 1.12 bits per heavy atom. The van der Waals surface area contributed by atoms with Gasteiger partial charge in [-0.25, -0.2) is 0 Å². The Morgan fingerprint density at radius 1 is 0.720 bits per heavy atom. The summed E-state index contributed by atoms with van der Waals surface area (Å²) < 4.78 is 67.0. The highest BCUT2D eigenvalue weighted by atomic mass is 32.2. The summed E-state index contributed by atoms with van der Waals surface area (Å²) >= 11 is 0. The standard InChI is InChI=1S/C17H16O6S2/c18-24(19,20)13-5-1-3-11-7-9-17(15(11)13)10-8-12-4-2-6-14(16(12)17)25(21,22)23/h1-6H,7-10H2,(H,18,19,20)(H,21,22,23). The van der Waals surface area contributed by atoms with E-state index in [-0.39, 0.29) is 9.79 Å². The van der Waals surface area contributed by atoms with E-state index in [1.165, 1.54) is 12.1 Å². The molecule has 0 atom stereocenters. The van der Waals surface area contributed by atoms with Gasteiger partial charge in [-0.1, -0.05) is 24.3 Å². The molecule has 132 valence electrons. The Bertz CT molecular complexity index is 1010. The molecular formula is C17H16O6S2. The van der Waals surface area contributed by atoms with Crippen LogP contribution in [0, 0.1) is 0 Å². The Balaban J connectivity index is 2.10. The molecule has 0 bridgehead atoms. The zero-order valence-electron chi connectivity index (χ0n) is 13.1. The Hall–Kier alpha value is -1.74. The van der Waals surface area contributed by atoms with E-state index in [0.717, 1.165) is 11.1 Å². The monoisotopic (exact) mass is 380 g/mol. The number of hydrogen-bond donors (Lipinski definition) is 2.